The highest BCUT2D eigenvalue weighted by Crippen LogP contribution is 2.37. The quantitative estimate of drug-likeness (QED) is 0.774. The molecule has 0 saturated heterocycles. The minimum absolute atomic E-state index is 0.349. The maximum Gasteiger partial charge on any atom is 0.244 e. The Bertz CT molecular complexity index is 506. The highest BCUT2D eigenvalue weighted by Gasteiger charge is 2.29. The normalized spacial score (nSPS) is 16.7. The molecule has 0 aliphatic heterocycles. The van der Waals surface area contributed by atoms with Gasteiger partial charge in [0.15, 0.2) is 0 Å². The fraction of sp³-hybridized carbons (Fsp3) is 0.636. The Morgan fingerprint density at radius 1 is 1.53 bits per heavy atom. The number of hydrogen-bond donors (Lipinski definition) is 0. The number of sulfonamides is 1. The molecule has 0 radical (unpaired) electrons. The molecule has 0 atom stereocenters. The predicted molar refractivity (Wildman–Crippen MR) is 67.7 cm³/mol. The maximum atomic E-state index is 12.2. The lowest BCUT2D eigenvalue weighted by molar-refractivity contribution is 0.486. The van der Waals surface area contributed by atoms with E-state index in [1.54, 1.807) is 19.3 Å². The topological polar surface area (TPSA) is 42.3 Å². The van der Waals surface area contributed by atoms with Gasteiger partial charge in [-0.3, -0.25) is 0 Å². The van der Waals surface area contributed by atoms with Crippen molar-refractivity contribution in [2.75, 3.05) is 13.6 Å². The molecule has 6 heteroatoms. The van der Waals surface area contributed by atoms with Crippen molar-refractivity contribution in [3.05, 3.63) is 18.0 Å². The number of nitrogens with zero attached hydrogens (tertiary/aromatic N) is 2. The molecule has 1 aromatic rings. The minimum atomic E-state index is -3.35. The van der Waals surface area contributed by atoms with Crippen LogP contribution in [-0.2, 0) is 15.9 Å². The number of alkyl halides is 1. The van der Waals surface area contributed by atoms with E-state index in [0.717, 1.165) is 18.5 Å². The third kappa shape index (κ3) is 2.37. The molecular formula is C11H17ClN2O2S. The van der Waals surface area contributed by atoms with Crippen molar-refractivity contribution in [1.82, 2.24) is 8.87 Å². The molecule has 1 saturated carbocycles. The van der Waals surface area contributed by atoms with E-state index in [0.29, 0.717) is 23.4 Å². The molecule has 1 heterocycles. The van der Waals surface area contributed by atoms with E-state index >= 15 is 0 Å². The zero-order valence-electron chi connectivity index (χ0n) is 10.1. The molecule has 0 spiro atoms. The van der Waals surface area contributed by atoms with Crippen molar-refractivity contribution in [3.63, 3.8) is 0 Å². The highest BCUT2D eigenvalue weighted by molar-refractivity contribution is 7.89. The molecule has 96 valence electrons. The molecule has 0 aromatic carbocycles. The molecule has 4 nitrogen and oxygen atoms in total. The standard InChI is InChI=1S/C11H17ClN2O2S/c1-3-13(2)17(15,16)11-6-10(7-12)14(8-11)9-4-5-9/h6,8-9H,3-5,7H2,1-2H3. The lowest BCUT2D eigenvalue weighted by Crippen LogP contribution is -2.26. The summed E-state index contributed by atoms with van der Waals surface area (Å²) in [5.74, 6) is 0.349. The number of hydrogen-bond acceptors (Lipinski definition) is 2. The summed E-state index contributed by atoms with van der Waals surface area (Å²) < 4.78 is 27.7. The molecule has 1 aliphatic rings. The Kier molecular flexibility index (Phi) is 3.52. The second-order valence-corrected chi connectivity index (χ2v) is 6.67. The number of rotatable bonds is 5. The summed E-state index contributed by atoms with van der Waals surface area (Å²) in [7, 11) is -1.77. The van der Waals surface area contributed by atoms with Crippen LogP contribution in [0, 0.1) is 0 Å². The van der Waals surface area contributed by atoms with E-state index in [-0.39, 0.29) is 0 Å². The van der Waals surface area contributed by atoms with Gasteiger partial charge >= 0.3 is 0 Å². The first kappa shape index (κ1) is 12.9. The van der Waals surface area contributed by atoms with E-state index in [1.165, 1.54) is 4.31 Å². The van der Waals surface area contributed by atoms with Crippen LogP contribution < -0.4 is 0 Å². The van der Waals surface area contributed by atoms with Gasteiger partial charge in [-0.2, -0.15) is 0 Å². The lowest BCUT2D eigenvalue weighted by Gasteiger charge is -2.13. The maximum absolute atomic E-state index is 12.2. The van der Waals surface area contributed by atoms with Gasteiger partial charge in [0.25, 0.3) is 0 Å². The third-order valence-electron chi connectivity index (χ3n) is 3.14. The van der Waals surface area contributed by atoms with E-state index in [9.17, 15) is 8.42 Å². The average molecular weight is 277 g/mol. The second kappa shape index (κ2) is 4.63. The summed E-state index contributed by atoms with van der Waals surface area (Å²) in [5.41, 5.74) is 0.886. The summed E-state index contributed by atoms with van der Waals surface area (Å²) in [6, 6.07) is 2.13. The Morgan fingerprint density at radius 3 is 2.65 bits per heavy atom. The van der Waals surface area contributed by atoms with Gasteiger partial charge in [0, 0.05) is 31.5 Å². The number of aromatic nitrogens is 1. The molecule has 1 fully saturated rings. The highest BCUT2D eigenvalue weighted by atomic mass is 35.5. The molecule has 1 aromatic heterocycles. The van der Waals surface area contributed by atoms with Crippen molar-refractivity contribution >= 4 is 21.6 Å². The summed E-state index contributed by atoms with van der Waals surface area (Å²) in [4.78, 5) is 0.351. The van der Waals surface area contributed by atoms with Gasteiger partial charge in [0.2, 0.25) is 10.0 Å². The molecule has 1 aliphatic carbocycles. The minimum Gasteiger partial charge on any atom is -0.346 e. The van der Waals surface area contributed by atoms with E-state index in [4.69, 9.17) is 11.6 Å². The molecule has 0 unspecified atom stereocenters. The SMILES string of the molecule is CCN(C)S(=O)(=O)c1cc(CCl)n(C2CC2)c1. The lowest BCUT2D eigenvalue weighted by atomic mass is 10.5. The first-order chi connectivity index (χ1) is 8.00. The molecule has 0 N–H and O–H groups in total. The van der Waals surface area contributed by atoms with Crippen molar-refractivity contribution in [2.24, 2.45) is 0 Å². The van der Waals surface area contributed by atoms with Crippen molar-refractivity contribution < 1.29 is 8.42 Å². The first-order valence-corrected chi connectivity index (χ1v) is 7.71. The summed E-state index contributed by atoms with van der Waals surface area (Å²) in [6.07, 6.45) is 3.94. The van der Waals surface area contributed by atoms with Crippen LogP contribution >= 0.6 is 11.6 Å². The molecule has 2 rings (SSSR count). The van der Waals surface area contributed by atoms with E-state index < -0.39 is 10.0 Å². The largest absolute Gasteiger partial charge is 0.346 e. The zero-order chi connectivity index (χ0) is 12.6. The van der Waals surface area contributed by atoms with Crippen molar-refractivity contribution in [1.29, 1.82) is 0 Å². The van der Waals surface area contributed by atoms with Crippen LogP contribution in [0.25, 0.3) is 0 Å². The van der Waals surface area contributed by atoms with Crippen molar-refractivity contribution in [3.8, 4) is 0 Å². The van der Waals surface area contributed by atoms with Crippen LogP contribution in [0.1, 0.15) is 31.5 Å². The molecule has 17 heavy (non-hydrogen) atoms. The molecule has 0 amide bonds. The fourth-order valence-electron chi connectivity index (χ4n) is 1.79. The summed E-state index contributed by atoms with van der Waals surface area (Å²) in [6.45, 7) is 2.28. The number of halogens is 1. The second-order valence-electron chi connectivity index (χ2n) is 4.36. The Hall–Kier alpha value is -0.520. The van der Waals surface area contributed by atoms with Crippen LogP contribution in [0.5, 0.6) is 0 Å². The van der Waals surface area contributed by atoms with Crippen LogP contribution in [-0.4, -0.2) is 30.9 Å². The van der Waals surface area contributed by atoms with E-state index in [2.05, 4.69) is 0 Å². The fourth-order valence-corrected chi connectivity index (χ4v) is 3.23. The van der Waals surface area contributed by atoms with Gasteiger partial charge in [-0.15, -0.1) is 11.6 Å². The van der Waals surface area contributed by atoms with Gasteiger partial charge < -0.3 is 4.57 Å². The first-order valence-electron chi connectivity index (χ1n) is 5.73. The Balaban J connectivity index is 2.39. The van der Waals surface area contributed by atoms with Gasteiger partial charge in [-0.1, -0.05) is 6.92 Å². The van der Waals surface area contributed by atoms with Gasteiger partial charge in [-0.05, 0) is 18.9 Å². The zero-order valence-corrected chi connectivity index (χ0v) is 11.6. The molecule has 0 bridgehead atoms. The third-order valence-corrected chi connectivity index (χ3v) is 5.31. The summed E-state index contributed by atoms with van der Waals surface area (Å²) in [5, 5.41) is 0. The van der Waals surface area contributed by atoms with Gasteiger partial charge in [0.05, 0.1) is 5.88 Å². The Morgan fingerprint density at radius 2 is 2.18 bits per heavy atom. The average Bonchev–Trinajstić information content (AvgIpc) is 3.06. The monoisotopic (exact) mass is 276 g/mol. The van der Waals surface area contributed by atoms with E-state index in [1.807, 2.05) is 11.5 Å². The van der Waals surface area contributed by atoms with Crippen LogP contribution in [0.15, 0.2) is 17.2 Å². The smallest absolute Gasteiger partial charge is 0.244 e. The Labute approximate surface area is 107 Å². The van der Waals surface area contributed by atoms with Crippen LogP contribution in [0.2, 0.25) is 0 Å². The summed E-state index contributed by atoms with van der Waals surface area (Å²) >= 11 is 5.85. The van der Waals surface area contributed by atoms with Crippen molar-refractivity contribution in [2.45, 2.75) is 36.6 Å². The van der Waals surface area contributed by atoms with Gasteiger partial charge in [-0.25, -0.2) is 12.7 Å². The van der Waals surface area contributed by atoms with Crippen LogP contribution in [0.3, 0.4) is 0 Å². The predicted octanol–water partition coefficient (Wildman–Crippen LogP) is 2.20. The molecular weight excluding hydrogens is 260 g/mol. The van der Waals surface area contributed by atoms with Crippen LogP contribution in [0.4, 0.5) is 0 Å². The van der Waals surface area contributed by atoms with Gasteiger partial charge in [0.1, 0.15) is 4.90 Å².